The van der Waals surface area contributed by atoms with Crippen LogP contribution in [0.25, 0.3) is 0 Å². The van der Waals surface area contributed by atoms with E-state index in [0.29, 0.717) is 24.9 Å². The smallest absolute Gasteiger partial charge is 0.265 e. The maximum absolute atomic E-state index is 12.4. The lowest BCUT2D eigenvalue weighted by atomic mass is 10.00. The van der Waals surface area contributed by atoms with E-state index in [0.717, 1.165) is 34.2 Å². The van der Waals surface area contributed by atoms with Gasteiger partial charge in [-0.1, -0.05) is 5.16 Å². The lowest BCUT2D eigenvalue weighted by molar-refractivity contribution is 0.0573. The minimum atomic E-state index is 0.0660. The third-order valence-corrected chi connectivity index (χ3v) is 5.08. The lowest BCUT2D eigenvalue weighted by Gasteiger charge is -2.36. The Hall–Kier alpha value is -1.76. The summed E-state index contributed by atoms with van der Waals surface area (Å²) in [6.45, 7) is 5.11. The van der Waals surface area contributed by atoms with Gasteiger partial charge >= 0.3 is 0 Å². The zero-order chi connectivity index (χ0) is 14.6. The number of aryl methyl sites for hydroxylation is 2. The number of likely N-dealkylation sites (tertiary alicyclic amines) is 1. The fraction of sp³-hybridized carbons (Fsp3) is 0.571. The van der Waals surface area contributed by atoms with Gasteiger partial charge in [-0.15, -0.1) is 11.3 Å². The Morgan fingerprint density at radius 1 is 1.24 bits per heavy atom. The molecule has 2 fully saturated rings. The monoisotopic (exact) mass is 304 g/mol. The van der Waals surface area contributed by atoms with Gasteiger partial charge in [-0.2, -0.15) is 4.98 Å². The van der Waals surface area contributed by atoms with Crippen molar-refractivity contribution in [3.05, 3.63) is 27.3 Å². The molecule has 1 aliphatic heterocycles. The van der Waals surface area contributed by atoms with E-state index in [1.807, 2.05) is 18.7 Å². The van der Waals surface area contributed by atoms with Gasteiger partial charge in [-0.3, -0.25) is 4.79 Å². The molecule has 4 rings (SSSR count). The van der Waals surface area contributed by atoms with E-state index in [2.05, 4.69) is 15.1 Å². The summed E-state index contributed by atoms with van der Waals surface area (Å²) in [5.41, 5.74) is 0.819. The molecule has 0 N–H and O–H groups in total. The molecule has 2 aliphatic rings. The van der Waals surface area contributed by atoms with E-state index in [1.54, 1.807) is 0 Å². The molecule has 0 atom stereocenters. The topological polar surface area (TPSA) is 72.1 Å². The molecule has 3 heterocycles. The molecule has 1 amide bonds. The first-order valence-electron chi connectivity index (χ1n) is 7.18. The van der Waals surface area contributed by atoms with Crippen LogP contribution in [0.15, 0.2) is 4.52 Å². The summed E-state index contributed by atoms with van der Waals surface area (Å²) in [6, 6.07) is 0. The van der Waals surface area contributed by atoms with Gasteiger partial charge in [-0.05, 0) is 26.7 Å². The molecule has 110 valence electrons. The van der Waals surface area contributed by atoms with Crippen molar-refractivity contribution in [3.63, 3.8) is 0 Å². The van der Waals surface area contributed by atoms with Crippen molar-refractivity contribution in [1.29, 1.82) is 0 Å². The van der Waals surface area contributed by atoms with E-state index in [9.17, 15) is 4.79 Å². The molecule has 0 spiro atoms. The molecule has 0 unspecified atom stereocenters. The maximum atomic E-state index is 12.4. The second-order valence-corrected chi connectivity index (χ2v) is 7.02. The summed E-state index contributed by atoms with van der Waals surface area (Å²) in [6.07, 6.45) is 2.33. The van der Waals surface area contributed by atoms with Crippen molar-refractivity contribution in [2.45, 2.75) is 38.5 Å². The number of hydrogen-bond acceptors (Lipinski definition) is 6. The van der Waals surface area contributed by atoms with E-state index < -0.39 is 0 Å². The molecule has 2 aromatic rings. The van der Waals surface area contributed by atoms with Gasteiger partial charge in [0.25, 0.3) is 5.91 Å². The number of aromatic nitrogens is 3. The summed E-state index contributed by atoms with van der Waals surface area (Å²) < 4.78 is 5.32. The van der Waals surface area contributed by atoms with E-state index >= 15 is 0 Å². The molecule has 0 bridgehead atoms. The third-order valence-electron chi connectivity index (χ3n) is 4.02. The highest BCUT2D eigenvalue weighted by Gasteiger charge is 2.38. The second-order valence-electron chi connectivity index (χ2n) is 5.82. The van der Waals surface area contributed by atoms with Crippen LogP contribution in [0, 0.1) is 13.8 Å². The summed E-state index contributed by atoms with van der Waals surface area (Å²) in [7, 11) is 0. The van der Waals surface area contributed by atoms with E-state index in [4.69, 9.17) is 4.52 Å². The van der Waals surface area contributed by atoms with E-state index in [-0.39, 0.29) is 11.8 Å². The summed E-state index contributed by atoms with van der Waals surface area (Å²) in [5.74, 6) is 2.27. The molecular weight excluding hydrogens is 288 g/mol. The van der Waals surface area contributed by atoms with Crippen molar-refractivity contribution in [2.75, 3.05) is 13.1 Å². The van der Waals surface area contributed by atoms with Crippen LogP contribution >= 0.6 is 11.3 Å². The van der Waals surface area contributed by atoms with Gasteiger partial charge in [0.1, 0.15) is 4.88 Å². The Bertz CT molecular complexity index is 698. The third kappa shape index (κ3) is 2.25. The molecule has 1 saturated carbocycles. The van der Waals surface area contributed by atoms with Gasteiger partial charge in [0.15, 0.2) is 5.82 Å². The molecule has 7 heteroatoms. The highest BCUT2D eigenvalue weighted by atomic mass is 32.1. The number of amides is 1. The number of nitrogens with zero attached hydrogens (tertiary/aromatic N) is 4. The van der Waals surface area contributed by atoms with Crippen molar-refractivity contribution < 1.29 is 9.32 Å². The lowest BCUT2D eigenvalue weighted by Crippen LogP contribution is -2.48. The highest BCUT2D eigenvalue weighted by molar-refractivity contribution is 7.13. The van der Waals surface area contributed by atoms with Crippen LogP contribution < -0.4 is 0 Å². The fourth-order valence-electron chi connectivity index (χ4n) is 2.59. The molecule has 6 nitrogen and oxygen atoms in total. The van der Waals surface area contributed by atoms with Crippen LogP contribution in [-0.4, -0.2) is 39.0 Å². The Kier molecular flexibility index (Phi) is 2.85. The number of thiazole rings is 1. The van der Waals surface area contributed by atoms with Crippen molar-refractivity contribution in [3.8, 4) is 0 Å². The van der Waals surface area contributed by atoms with Gasteiger partial charge < -0.3 is 9.42 Å². The number of carbonyl (C=O) groups excluding carboxylic acids is 1. The van der Waals surface area contributed by atoms with Crippen LogP contribution in [0.5, 0.6) is 0 Å². The first-order chi connectivity index (χ1) is 10.1. The average Bonchev–Trinajstić information content (AvgIpc) is 3.04. The van der Waals surface area contributed by atoms with Gasteiger partial charge in [0.2, 0.25) is 5.89 Å². The van der Waals surface area contributed by atoms with Crippen molar-refractivity contribution in [2.24, 2.45) is 0 Å². The van der Waals surface area contributed by atoms with Crippen molar-refractivity contribution in [1.82, 2.24) is 20.0 Å². The van der Waals surface area contributed by atoms with Crippen LogP contribution in [0.2, 0.25) is 0 Å². The number of hydrogen-bond donors (Lipinski definition) is 0. The average molecular weight is 304 g/mol. The van der Waals surface area contributed by atoms with Crippen LogP contribution in [0.1, 0.15) is 56.8 Å². The molecular formula is C14H16N4O2S. The van der Waals surface area contributed by atoms with Crippen LogP contribution in [-0.2, 0) is 0 Å². The molecule has 1 aliphatic carbocycles. The second kappa shape index (κ2) is 4.62. The standard InChI is InChI=1S/C14H16N4O2S/c1-7-11(21-8(2)15-7)14(19)18-5-10(6-18)13-16-12(17-20-13)9-3-4-9/h9-10H,3-6H2,1-2H3. The Morgan fingerprint density at radius 2 is 2.00 bits per heavy atom. The Morgan fingerprint density at radius 3 is 2.62 bits per heavy atom. The largest absolute Gasteiger partial charge is 0.339 e. The molecule has 0 radical (unpaired) electrons. The zero-order valence-corrected chi connectivity index (χ0v) is 12.8. The summed E-state index contributed by atoms with van der Waals surface area (Å²) >= 11 is 1.46. The maximum Gasteiger partial charge on any atom is 0.265 e. The minimum Gasteiger partial charge on any atom is -0.339 e. The summed E-state index contributed by atoms with van der Waals surface area (Å²) in [4.78, 5) is 23.7. The quantitative estimate of drug-likeness (QED) is 0.869. The SMILES string of the molecule is Cc1nc(C)c(C(=O)N2CC(c3nc(C4CC4)no3)C2)s1. The van der Waals surface area contributed by atoms with Gasteiger partial charge in [-0.25, -0.2) is 4.98 Å². The van der Waals surface area contributed by atoms with Gasteiger partial charge in [0, 0.05) is 19.0 Å². The number of rotatable bonds is 3. The normalized spacial score (nSPS) is 18.9. The zero-order valence-electron chi connectivity index (χ0n) is 12.0. The number of carbonyl (C=O) groups is 1. The molecule has 21 heavy (non-hydrogen) atoms. The summed E-state index contributed by atoms with van der Waals surface area (Å²) in [5, 5.41) is 4.96. The van der Waals surface area contributed by atoms with Crippen molar-refractivity contribution >= 4 is 17.2 Å². The highest BCUT2D eigenvalue weighted by Crippen LogP contribution is 2.39. The van der Waals surface area contributed by atoms with Gasteiger partial charge in [0.05, 0.1) is 16.6 Å². The van der Waals surface area contributed by atoms with E-state index in [1.165, 1.54) is 11.3 Å². The molecule has 2 aromatic heterocycles. The first kappa shape index (κ1) is 12.9. The van der Waals surface area contributed by atoms with Crippen LogP contribution in [0.4, 0.5) is 0 Å². The first-order valence-corrected chi connectivity index (χ1v) is 8.00. The Balaban J connectivity index is 1.42. The predicted molar refractivity (Wildman–Crippen MR) is 76.5 cm³/mol. The fourth-order valence-corrected chi connectivity index (χ4v) is 3.48. The predicted octanol–water partition coefficient (Wildman–Crippen LogP) is 2.26. The molecule has 0 aromatic carbocycles. The van der Waals surface area contributed by atoms with Crippen LogP contribution in [0.3, 0.4) is 0 Å². The Labute approximate surface area is 126 Å². The molecule has 1 saturated heterocycles. The minimum absolute atomic E-state index is 0.0660.